The quantitative estimate of drug-likeness (QED) is 0.790. The predicted octanol–water partition coefficient (Wildman–Crippen LogP) is 3.46. The zero-order valence-electron chi connectivity index (χ0n) is 13.3. The van der Waals surface area contributed by atoms with E-state index in [0.29, 0.717) is 6.42 Å². The van der Waals surface area contributed by atoms with Crippen LogP contribution in [0.2, 0.25) is 0 Å². The lowest BCUT2D eigenvalue weighted by molar-refractivity contribution is -0.146. The molecule has 0 amide bonds. The number of nitrogens with zero attached hydrogens (tertiary/aromatic N) is 1. The zero-order chi connectivity index (χ0) is 15.3. The van der Waals surface area contributed by atoms with E-state index in [4.69, 9.17) is 4.74 Å². The highest BCUT2D eigenvalue weighted by Crippen LogP contribution is 2.56. The molecule has 1 spiro atoms. The van der Waals surface area contributed by atoms with Crippen molar-refractivity contribution in [3.05, 3.63) is 59.7 Å². The van der Waals surface area contributed by atoms with Gasteiger partial charge < -0.3 is 9.64 Å². The van der Waals surface area contributed by atoms with Crippen molar-refractivity contribution in [2.45, 2.75) is 12.0 Å². The summed E-state index contributed by atoms with van der Waals surface area (Å²) in [6.45, 7) is 0.828. The normalized spacial score (nSPS) is 20.1. The van der Waals surface area contributed by atoms with Crippen molar-refractivity contribution in [3.63, 3.8) is 0 Å². The van der Waals surface area contributed by atoms with E-state index in [1.807, 2.05) is 38.4 Å². The van der Waals surface area contributed by atoms with Crippen molar-refractivity contribution < 1.29 is 9.53 Å². The molecule has 0 bridgehead atoms. The Kier molecular flexibility index (Phi) is 3.95. The second-order valence-electron chi connectivity index (χ2n) is 6.46. The number of hydrogen-bond acceptors (Lipinski definition) is 3. The summed E-state index contributed by atoms with van der Waals surface area (Å²) in [7, 11) is 4.09. The maximum Gasteiger partial charge on any atom is 0.307 e. The van der Waals surface area contributed by atoms with Crippen LogP contribution in [0, 0.1) is 5.92 Å². The summed E-state index contributed by atoms with van der Waals surface area (Å²) in [5.41, 5.74) is 4.03. The number of carbonyl (C=O) groups excluding carboxylic acids is 1. The maximum atomic E-state index is 12.2. The zero-order valence-corrected chi connectivity index (χ0v) is 14.1. The Bertz CT molecular complexity index is 711. The molecular weight excluding hydrogens is 310 g/mol. The van der Waals surface area contributed by atoms with Crippen LogP contribution in [0.4, 0.5) is 0 Å². The van der Waals surface area contributed by atoms with Crippen molar-refractivity contribution in [1.82, 2.24) is 4.90 Å². The molecule has 1 aliphatic carbocycles. The fraction of sp³-hybridized carbons (Fsp3) is 0.316. The summed E-state index contributed by atoms with van der Waals surface area (Å²) in [4.78, 5) is 14.3. The first kappa shape index (κ1) is 16.0. The molecule has 4 rings (SSSR count). The van der Waals surface area contributed by atoms with Crippen LogP contribution < -0.4 is 0 Å². The molecule has 2 aliphatic rings. The topological polar surface area (TPSA) is 29.5 Å². The van der Waals surface area contributed by atoms with Crippen LogP contribution in [0.3, 0.4) is 0 Å². The van der Waals surface area contributed by atoms with Crippen LogP contribution in [0.5, 0.6) is 0 Å². The molecule has 2 aromatic rings. The minimum Gasteiger partial charge on any atom is -0.449 e. The van der Waals surface area contributed by atoms with Gasteiger partial charge in [-0.05, 0) is 25.2 Å². The molecule has 0 saturated carbocycles. The molecule has 0 radical (unpaired) electrons. The third kappa shape index (κ3) is 2.19. The Hall–Kier alpha value is -1.84. The standard InChI is InChI=1S/C19H19NO2.ClH/c1-20(2)12-13-11-18(21)22-19(13)16-9-5-3-7-14(16)15-8-4-6-10-17(15)19;/h3-10,13H,11-12H2,1-2H3;1H. The molecular formula is C19H20ClNO2. The highest BCUT2D eigenvalue weighted by molar-refractivity contribution is 5.85. The number of carbonyl (C=O) groups is 1. The lowest BCUT2D eigenvalue weighted by Crippen LogP contribution is -2.37. The number of fused-ring (bicyclic) bond motifs is 5. The van der Waals surface area contributed by atoms with Gasteiger partial charge in [-0.3, -0.25) is 4.79 Å². The summed E-state index contributed by atoms with van der Waals surface area (Å²) >= 11 is 0. The van der Waals surface area contributed by atoms with Crippen LogP contribution in [0.1, 0.15) is 17.5 Å². The SMILES string of the molecule is CN(C)CC1CC(=O)OC12c1ccccc1-c1ccccc12.Cl. The predicted molar refractivity (Wildman–Crippen MR) is 92.7 cm³/mol. The summed E-state index contributed by atoms with van der Waals surface area (Å²) < 4.78 is 6.01. The molecule has 3 nitrogen and oxygen atoms in total. The van der Waals surface area contributed by atoms with E-state index in [0.717, 1.165) is 17.7 Å². The van der Waals surface area contributed by atoms with Gasteiger partial charge in [0.05, 0.1) is 6.42 Å². The molecule has 23 heavy (non-hydrogen) atoms. The minimum atomic E-state index is -0.617. The first-order valence-corrected chi connectivity index (χ1v) is 7.69. The molecule has 0 aromatic heterocycles. The number of hydrogen-bond donors (Lipinski definition) is 0. The monoisotopic (exact) mass is 329 g/mol. The van der Waals surface area contributed by atoms with Crippen molar-refractivity contribution in [3.8, 4) is 11.1 Å². The lowest BCUT2D eigenvalue weighted by atomic mass is 9.79. The first-order chi connectivity index (χ1) is 10.6. The van der Waals surface area contributed by atoms with E-state index >= 15 is 0 Å². The summed E-state index contributed by atoms with van der Waals surface area (Å²) in [6, 6.07) is 16.6. The van der Waals surface area contributed by atoms with Crippen molar-refractivity contribution >= 4 is 18.4 Å². The second-order valence-corrected chi connectivity index (χ2v) is 6.46. The number of benzene rings is 2. The molecule has 1 aliphatic heterocycles. The highest BCUT2D eigenvalue weighted by atomic mass is 35.5. The maximum absolute atomic E-state index is 12.2. The van der Waals surface area contributed by atoms with Crippen LogP contribution in [0.15, 0.2) is 48.5 Å². The Morgan fingerprint density at radius 1 is 1.04 bits per heavy atom. The molecule has 1 saturated heterocycles. The van der Waals surface area contributed by atoms with Crippen molar-refractivity contribution in [2.75, 3.05) is 20.6 Å². The largest absolute Gasteiger partial charge is 0.449 e. The second kappa shape index (κ2) is 5.66. The molecule has 1 unspecified atom stereocenters. The van der Waals surface area contributed by atoms with Gasteiger partial charge >= 0.3 is 5.97 Å². The molecule has 1 atom stereocenters. The van der Waals surface area contributed by atoms with Crippen LogP contribution in [-0.4, -0.2) is 31.5 Å². The number of esters is 1. The van der Waals surface area contributed by atoms with Crippen LogP contribution in [-0.2, 0) is 15.1 Å². The van der Waals surface area contributed by atoms with Gasteiger partial charge in [0, 0.05) is 23.6 Å². The average Bonchev–Trinajstić information content (AvgIpc) is 2.97. The number of ether oxygens (including phenoxy) is 1. The minimum absolute atomic E-state index is 0. The van der Waals surface area contributed by atoms with E-state index < -0.39 is 5.60 Å². The van der Waals surface area contributed by atoms with E-state index in [1.165, 1.54) is 11.1 Å². The fourth-order valence-corrected chi connectivity index (χ4v) is 4.06. The molecule has 1 heterocycles. The summed E-state index contributed by atoms with van der Waals surface area (Å²) in [5, 5.41) is 0. The van der Waals surface area contributed by atoms with Gasteiger partial charge in [0.2, 0.25) is 0 Å². The third-order valence-corrected chi connectivity index (χ3v) is 4.79. The van der Waals surface area contributed by atoms with E-state index in [9.17, 15) is 4.79 Å². The third-order valence-electron chi connectivity index (χ3n) is 4.79. The van der Waals surface area contributed by atoms with Crippen LogP contribution >= 0.6 is 12.4 Å². The van der Waals surface area contributed by atoms with E-state index in [1.54, 1.807) is 0 Å². The van der Waals surface area contributed by atoms with E-state index in [-0.39, 0.29) is 24.3 Å². The van der Waals surface area contributed by atoms with Gasteiger partial charge in [-0.2, -0.15) is 0 Å². The Balaban J connectivity index is 0.00000156. The van der Waals surface area contributed by atoms with Gasteiger partial charge in [0.1, 0.15) is 0 Å². The van der Waals surface area contributed by atoms with Gasteiger partial charge in [-0.25, -0.2) is 0 Å². The summed E-state index contributed by atoms with van der Waals surface area (Å²) in [5.74, 6) is 0.0400. The Labute approximate surface area is 142 Å². The van der Waals surface area contributed by atoms with Gasteiger partial charge in [0.15, 0.2) is 5.60 Å². The molecule has 1 fully saturated rings. The highest BCUT2D eigenvalue weighted by Gasteiger charge is 2.56. The van der Waals surface area contributed by atoms with Crippen molar-refractivity contribution in [2.24, 2.45) is 5.92 Å². The Morgan fingerprint density at radius 3 is 2.09 bits per heavy atom. The van der Waals surface area contributed by atoms with Crippen LogP contribution in [0.25, 0.3) is 11.1 Å². The lowest BCUT2D eigenvalue weighted by Gasteiger charge is -2.33. The smallest absolute Gasteiger partial charge is 0.307 e. The van der Waals surface area contributed by atoms with Gasteiger partial charge in [-0.1, -0.05) is 48.5 Å². The summed E-state index contributed by atoms with van der Waals surface area (Å²) in [6.07, 6.45) is 0.473. The number of rotatable bonds is 2. The van der Waals surface area contributed by atoms with Gasteiger partial charge in [-0.15, -0.1) is 12.4 Å². The van der Waals surface area contributed by atoms with E-state index in [2.05, 4.69) is 29.2 Å². The Morgan fingerprint density at radius 2 is 1.57 bits per heavy atom. The number of halogens is 1. The first-order valence-electron chi connectivity index (χ1n) is 7.69. The molecule has 120 valence electrons. The average molecular weight is 330 g/mol. The molecule has 0 N–H and O–H groups in total. The molecule has 4 heteroatoms. The fourth-order valence-electron chi connectivity index (χ4n) is 4.06. The van der Waals surface area contributed by atoms with Gasteiger partial charge in [0.25, 0.3) is 0 Å². The molecule has 2 aromatic carbocycles. The van der Waals surface area contributed by atoms with Crippen molar-refractivity contribution in [1.29, 1.82) is 0 Å².